The Morgan fingerprint density at radius 3 is 2.69 bits per heavy atom. The number of ether oxygens (including phenoxy) is 1. The zero-order valence-corrected chi connectivity index (χ0v) is 10.9. The SMILES string of the molecule is CCOc1ccc(Br)cc1C(C)Br. The van der Waals surface area contributed by atoms with Crippen molar-refractivity contribution >= 4 is 31.9 Å². The molecule has 0 heterocycles. The maximum atomic E-state index is 5.50. The van der Waals surface area contributed by atoms with E-state index >= 15 is 0 Å². The van der Waals surface area contributed by atoms with E-state index in [9.17, 15) is 0 Å². The topological polar surface area (TPSA) is 9.23 Å². The second-order valence-corrected chi connectivity index (χ2v) is 5.02. The van der Waals surface area contributed by atoms with Gasteiger partial charge in [-0.05, 0) is 32.0 Å². The summed E-state index contributed by atoms with van der Waals surface area (Å²) in [7, 11) is 0. The Hall–Kier alpha value is -0.0200. The van der Waals surface area contributed by atoms with Crippen molar-refractivity contribution in [1.29, 1.82) is 0 Å². The Morgan fingerprint density at radius 1 is 1.46 bits per heavy atom. The highest BCUT2D eigenvalue weighted by Gasteiger charge is 2.08. The molecular weight excluding hydrogens is 296 g/mol. The molecule has 0 radical (unpaired) electrons. The number of alkyl halides is 1. The molecule has 3 heteroatoms. The van der Waals surface area contributed by atoms with Gasteiger partial charge in [-0.15, -0.1) is 0 Å². The van der Waals surface area contributed by atoms with Gasteiger partial charge < -0.3 is 4.74 Å². The number of hydrogen-bond donors (Lipinski definition) is 0. The molecule has 0 aliphatic heterocycles. The molecule has 1 rings (SSSR count). The van der Waals surface area contributed by atoms with Crippen LogP contribution in [0.3, 0.4) is 0 Å². The molecule has 0 aliphatic rings. The summed E-state index contributed by atoms with van der Waals surface area (Å²) < 4.78 is 6.58. The summed E-state index contributed by atoms with van der Waals surface area (Å²) in [6, 6.07) is 6.05. The van der Waals surface area contributed by atoms with Crippen LogP contribution in [0.4, 0.5) is 0 Å². The number of rotatable bonds is 3. The fraction of sp³-hybridized carbons (Fsp3) is 0.400. The van der Waals surface area contributed by atoms with Gasteiger partial charge in [-0.1, -0.05) is 31.9 Å². The van der Waals surface area contributed by atoms with Gasteiger partial charge in [0.1, 0.15) is 5.75 Å². The van der Waals surface area contributed by atoms with Crippen molar-refractivity contribution in [3.63, 3.8) is 0 Å². The number of halogens is 2. The molecule has 0 N–H and O–H groups in total. The molecular formula is C10H12Br2O. The Bertz CT molecular complexity index is 284. The van der Waals surface area contributed by atoms with E-state index in [1.54, 1.807) is 0 Å². The van der Waals surface area contributed by atoms with Crippen molar-refractivity contribution in [2.45, 2.75) is 18.7 Å². The third-order valence-electron chi connectivity index (χ3n) is 1.70. The van der Waals surface area contributed by atoms with Crippen molar-refractivity contribution in [2.75, 3.05) is 6.61 Å². The molecule has 0 amide bonds. The molecule has 1 unspecified atom stereocenters. The minimum Gasteiger partial charge on any atom is -0.494 e. The normalized spacial score (nSPS) is 12.6. The van der Waals surface area contributed by atoms with Crippen molar-refractivity contribution < 1.29 is 4.74 Å². The first-order valence-corrected chi connectivity index (χ1v) is 5.92. The molecule has 1 aromatic rings. The lowest BCUT2D eigenvalue weighted by Gasteiger charge is -2.12. The molecule has 13 heavy (non-hydrogen) atoms. The van der Waals surface area contributed by atoms with Gasteiger partial charge in [-0.3, -0.25) is 0 Å². The summed E-state index contributed by atoms with van der Waals surface area (Å²) in [5.41, 5.74) is 1.18. The Labute approximate surface area is 95.7 Å². The van der Waals surface area contributed by atoms with Crippen LogP contribution >= 0.6 is 31.9 Å². The quantitative estimate of drug-likeness (QED) is 0.756. The van der Waals surface area contributed by atoms with Gasteiger partial charge in [0.15, 0.2) is 0 Å². The lowest BCUT2D eigenvalue weighted by atomic mass is 10.1. The first-order chi connectivity index (χ1) is 6.15. The average molecular weight is 308 g/mol. The number of hydrogen-bond acceptors (Lipinski definition) is 1. The second-order valence-electron chi connectivity index (χ2n) is 2.73. The largest absolute Gasteiger partial charge is 0.494 e. The molecule has 0 fully saturated rings. The highest BCUT2D eigenvalue weighted by Crippen LogP contribution is 2.32. The number of benzene rings is 1. The molecule has 0 aromatic heterocycles. The first-order valence-electron chi connectivity index (χ1n) is 4.21. The third kappa shape index (κ3) is 2.99. The van der Waals surface area contributed by atoms with E-state index in [0.717, 1.165) is 10.2 Å². The van der Waals surface area contributed by atoms with Crippen molar-refractivity contribution in [3.05, 3.63) is 28.2 Å². The molecule has 0 aliphatic carbocycles. The maximum Gasteiger partial charge on any atom is 0.123 e. The summed E-state index contributed by atoms with van der Waals surface area (Å²) >= 11 is 6.98. The van der Waals surface area contributed by atoms with Crippen molar-refractivity contribution in [1.82, 2.24) is 0 Å². The Morgan fingerprint density at radius 2 is 2.15 bits per heavy atom. The molecule has 72 valence electrons. The monoisotopic (exact) mass is 306 g/mol. The van der Waals surface area contributed by atoms with Gasteiger partial charge in [-0.2, -0.15) is 0 Å². The van der Waals surface area contributed by atoms with E-state index in [1.807, 2.05) is 19.1 Å². The van der Waals surface area contributed by atoms with Gasteiger partial charge in [-0.25, -0.2) is 0 Å². The third-order valence-corrected chi connectivity index (χ3v) is 2.69. The van der Waals surface area contributed by atoms with Crippen LogP contribution < -0.4 is 4.74 Å². The molecule has 1 aromatic carbocycles. The Balaban J connectivity index is 3.03. The van der Waals surface area contributed by atoms with Gasteiger partial charge in [0, 0.05) is 14.9 Å². The van der Waals surface area contributed by atoms with E-state index in [4.69, 9.17) is 4.74 Å². The fourth-order valence-corrected chi connectivity index (χ4v) is 1.85. The van der Waals surface area contributed by atoms with Crippen molar-refractivity contribution in [3.8, 4) is 5.75 Å². The van der Waals surface area contributed by atoms with E-state index in [1.165, 1.54) is 5.56 Å². The predicted molar refractivity (Wildman–Crippen MR) is 62.7 cm³/mol. The summed E-state index contributed by atoms with van der Waals surface area (Å²) in [5, 5.41) is 0. The molecule has 0 spiro atoms. The summed E-state index contributed by atoms with van der Waals surface area (Å²) in [4.78, 5) is 0.312. The summed E-state index contributed by atoms with van der Waals surface area (Å²) in [6.45, 7) is 4.78. The van der Waals surface area contributed by atoms with E-state index in [-0.39, 0.29) is 0 Å². The lowest BCUT2D eigenvalue weighted by Crippen LogP contribution is -1.96. The minimum absolute atomic E-state index is 0.312. The van der Waals surface area contributed by atoms with E-state index in [2.05, 4.69) is 44.8 Å². The molecule has 0 saturated heterocycles. The highest BCUT2D eigenvalue weighted by molar-refractivity contribution is 9.10. The highest BCUT2D eigenvalue weighted by atomic mass is 79.9. The van der Waals surface area contributed by atoms with E-state index < -0.39 is 0 Å². The standard InChI is InChI=1S/C10H12Br2O/c1-3-13-10-5-4-8(12)6-9(10)7(2)11/h4-7H,3H2,1-2H3. The van der Waals surface area contributed by atoms with Crippen LogP contribution in [-0.4, -0.2) is 6.61 Å². The maximum absolute atomic E-state index is 5.50. The van der Waals surface area contributed by atoms with Gasteiger partial charge in [0.25, 0.3) is 0 Å². The first kappa shape index (κ1) is 11.1. The lowest BCUT2D eigenvalue weighted by molar-refractivity contribution is 0.336. The zero-order chi connectivity index (χ0) is 9.84. The van der Waals surface area contributed by atoms with Crippen molar-refractivity contribution in [2.24, 2.45) is 0 Å². The zero-order valence-electron chi connectivity index (χ0n) is 7.68. The fourth-order valence-electron chi connectivity index (χ4n) is 1.12. The molecule has 0 bridgehead atoms. The van der Waals surface area contributed by atoms with Crippen LogP contribution in [0.1, 0.15) is 24.2 Å². The van der Waals surface area contributed by atoms with Crippen LogP contribution in [0.25, 0.3) is 0 Å². The molecule has 1 nitrogen and oxygen atoms in total. The van der Waals surface area contributed by atoms with Crippen LogP contribution in [0.15, 0.2) is 22.7 Å². The Kier molecular flexibility index (Phi) is 4.26. The molecule has 0 saturated carbocycles. The van der Waals surface area contributed by atoms with Crippen LogP contribution in [0, 0.1) is 0 Å². The summed E-state index contributed by atoms with van der Waals surface area (Å²) in [5.74, 6) is 0.954. The van der Waals surface area contributed by atoms with Crippen LogP contribution in [0.2, 0.25) is 0 Å². The molecule has 1 atom stereocenters. The summed E-state index contributed by atoms with van der Waals surface area (Å²) in [6.07, 6.45) is 0. The van der Waals surface area contributed by atoms with Crippen LogP contribution in [-0.2, 0) is 0 Å². The minimum atomic E-state index is 0.312. The van der Waals surface area contributed by atoms with E-state index in [0.29, 0.717) is 11.4 Å². The van der Waals surface area contributed by atoms with Gasteiger partial charge >= 0.3 is 0 Å². The second kappa shape index (κ2) is 5.01. The van der Waals surface area contributed by atoms with Gasteiger partial charge in [0.05, 0.1) is 6.61 Å². The predicted octanol–water partition coefficient (Wildman–Crippen LogP) is 4.30. The average Bonchev–Trinajstić information content (AvgIpc) is 2.08. The smallest absolute Gasteiger partial charge is 0.123 e. The van der Waals surface area contributed by atoms with Gasteiger partial charge in [0.2, 0.25) is 0 Å². The van der Waals surface area contributed by atoms with Crippen LogP contribution in [0.5, 0.6) is 5.75 Å².